The fraction of sp³-hybridized carbons (Fsp3) is 0.231. The van der Waals surface area contributed by atoms with Gasteiger partial charge in [-0.25, -0.2) is 0 Å². The smallest absolute Gasteiger partial charge is 0.322 e. The number of aliphatic hydroxyl groups excluding tert-OH is 1. The van der Waals surface area contributed by atoms with E-state index in [-0.39, 0.29) is 43.5 Å². The fourth-order valence-electron chi connectivity index (χ4n) is 3.52. The molecular weight excluding hydrogens is 567 g/mol. The molecule has 0 aliphatic rings. The third-order valence-corrected chi connectivity index (χ3v) is 5.27. The Morgan fingerprint density at radius 1 is 1.00 bits per heavy atom. The summed E-state index contributed by atoms with van der Waals surface area (Å²) in [5, 5.41) is 15.0. The molecule has 0 saturated carbocycles. The molecule has 31 heavy (non-hydrogen) atoms. The van der Waals surface area contributed by atoms with E-state index in [0.717, 1.165) is 32.8 Å². The number of aromatic nitrogens is 1. The number of pyridine rings is 1. The van der Waals surface area contributed by atoms with Gasteiger partial charge in [0.1, 0.15) is 11.3 Å². The van der Waals surface area contributed by atoms with Gasteiger partial charge in [0, 0.05) is 32.2 Å². The maximum Gasteiger partial charge on any atom is 0.322 e. The topological polar surface area (TPSA) is 67.7 Å². The van der Waals surface area contributed by atoms with Gasteiger partial charge in [-0.3, -0.25) is 4.79 Å². The maximum absolute atomic E-state index is 9.23. The van der Waals surface area contributed by atoms with Crippen molar-refractivity contribution in [2.24, 2.45) is 11.8 Å². The number of nitrogens with zero attached hydrogens (tertiary/aromatic N) is 1. The van der Waals surface area contributed by atoms with E-state index in [9.17, 15) is 9.90 Å². The van der Waals surface area contributed by atoms with Crippen molar-refractivity contribution in [3.8, 4) is 0 Å². The van der Waals surface area contributed by atoms with Gasteiger partial charge >= 0.3 is 5.78 Å². The van der Waals surface area contributed by atoms with E-state index in [1.807, 2.05) is 64.2 Å². The number of benzene rings is 3. The Morgan fingerprint density at radius 3 is 2.42 bits per heavy atom. The van der Waals surface area contributed by atoms with Crippen molar-refractivity contribution in [2.75, 3.05) is 0 Å². The van der Waals surface area contributed by atoms with Crippen LogP contribution in [0.25, 0.3) is 43.6 Å². The third-order valence-electron chi connectivity index (χ3n) is 5.27. The minimum Gasteiger partial charge on any atom is -0.512 e. The average molecular weight is 592 g/mol. The summed E-state index contributed by atoms with van der Waals surface area (Å²) in [6.45, 7) is 7.50. The van der Waals surface area contributed by atoms with Crippen molar-refractivity contribution in [1.82, 2.24) is 4.98 Å². The molecule has 5 aromatic rings. The molecule has 1 radical (unpaired) electrons. The Labute approximate surface area is 194 Å². The number of rotatable bonds is 3. The standard InChI is InChI=1S/C17H8NO.C9H16O2.Ir/c1-4-10-11-6-3-9-18-17(11)12-5-2-8-14-16(12)15(10)13(7-1)19-14;1-6(2)8(10)5-9(11)7(3)4;/h1-4,6-9H;5-7,10H,1-4H3;/q-1;;/p+1/b;8-5-;. The number of fused-ring (bicyclic) bond motifs is 3. The van der Waals surface area contributed by atoms with Gasteiger partial charge in [0.25, 0.3) is 0 Å². The fourth-order valence-corrected chi connectivity index (χ4v) is 3.52. The summed E-state index contributed by atoms with van der Waals surface area (Å²) in [7, 11) is 0. The molecule has 3 aromatic carbocycles. The average Bonchev–Trinajstić information content (AvgIpc) is 3.13. The zero-order valence-corrected chi connectivity index (χ0v) is 20.3. The molecule has 5 rings (SSSR count). The van der Waals surface area contributed by atoms with Gasteiger partial charge in [-0.05, 0) is 33.8 Å². The first-order chi connectivity index (χ1) is 14.4. The largest absolute Gasteiger partial charge is 0.512 e. The molecule has 2 N–H and O–H groups in total. The SMILES string of the molecule is CC(C)C(=[OH+])/C=C(\O)C(C)C.[Ir].[c-]1ccc2oc3cccc4c5cccnc5c1c2c34. The molecule has 0 spiro atoms. The van der Waals surface area contributed by atoms with Crippen molar-refractivity contribution in [3.63, 3.8) is 0 Å². The van der Waals surface area contributed by atoms with Gasteiger partial charge in [0.2, 0.25) is 0 Å². The normalized spacial score (nSPS) is 12.0. The van der Waals surface area contributed by atoms with E-state index in [1.54, 1.807) is 0 Å². The van der Waals surface area contributed by atoms with Gasteiger partial charge in [-0.1, -0.05) is 57.3 Å². The van der Waals surface area contributed by atoms with E-state index >= 15 is 0 Å². The summed E-state index contributed by atoms with van der Waals surface area (Å²) in [4.78, 5) is 13.8. The van der Waals surface area contributed by atoms with Crippen LogP contribution in [0.3, 0.4) is 0 Å². The van der Waals surface area contributed by atoms with Crippen LogP contribution >= 0.6 is 0 Å². The Kier molecular flexibility index (Phi) is 6.78. The third kappa shape index (κ3) is 4.21. The first kappa shape index (κ1) is 22.9. The van der Waals surface area contributed by atoms with Crippen molar-refractivity contribution in [2.45, 2.75) is 27.7 Å². The van der Waals surface area contributed by atoms with E-state index in [4.69, 9.17) is 4.42 Å². The number of hydrogen-bond acceptors (Lipinski definition) is 3. The molecule has 0 atom stereocenters. The molecule has 0 unspecified atom stereocenters. The van der Waals surface area contributed by atoms with Crippen LogP contribution in [-0.2, 0) is 20.1 Å². The first-order valence-corrected chi connectivity index (χ1v) is 10.2. The number of aliphatic hydroxyl groups is 1. The van der Waals surface area contributed by atoms with E-state index in [0.29, 0.717) is 0 Å². The molecule has 4 nitrogen and oxygen atoms in total. The van der Waals surface area contributed by atoms with E-state index < -0.39 is 0 Å². The van der Waals surface area contributed by atoms with Crippen LogP contribution in [0.4, 0.5) is 0 Å². The second kappa shape index (κ2) is 9.17. The Morgan fingerprint density at radius 2 is 1.71 bits per heavy atom. The second-order valence-corrected chi connectivity index (χ2v) is 8.08. The monoisotopic (exact) mass is 592 g/mol. The molecular formula is C26H25IrNO3. The predicted molar refractivity (Wildman–Crippen MR) is 124 cm³/mol. The Hall–Kier alpha value is -2.75. The van der Waals surface area contributed by atoms with E-state index in [1.165, 1.54) is 16.8 Å². The number of carbonyl (C=O) groups excluding carboxylic acids is 1. The summed E-state index contributed by atoms with van der Waals surface area (Å²) < 4.78 is 5.94. The molecule has 0 aliphatic carbocycles. The molecule has 161 valence electrons. The maximum atomic E-state index is 9.23. The molecule has 0 saturated heterocycles. The number of furan rings is 1. The van der Waals surface area contributed by atoms with Gasteiger partial charge in [0.05, 0.1) is 17.6 Å². The van der Waals surface area contributed by atoms with Gasteiger partial charge in [0.15, 0.2) is 0 Å². The molecule has 0 amide bonds. The minimum atomic E-state index is 0. The van der Waals surface area contributed by atoms with Gasteiger partial charge in [-0.2, -0.15) is 0 Å². The van der Waals surface area contributed by atoms with Crippen LogP contribution in [0.1, 0.15) is 27.7 Å². The van der Waals surface area contributed by atoms with Crippen LogP contribution in [0.15, 0.2) is 64.9 Å². The first-order valence-electron chi connectivity index (χ1n) is 10.2. The van der Waals surface area contributed by atoms with Crippen LogP contribution < -0.4 is 0 Å². The summed E-state index contributed by atoms with van der Waals surface area (Å²) in [6.07, 6.45) is 3.26. The van der Waals surface area contributed by atoms with Crippen molar-refractivity contribution >= 4 is 49.4 Å². The van der Waals surface area contributed by atoms with Gasteiger partial charge < -0.3 is 14.5 Å². The van der Waals surface area contributed by atoms with Crippen LogP contribution in [0.2, 0.25) is 0 Å². The van der Waals surface area contributed by atoms with Crippen molar-refractivity contribution < 1.29 is 34.4 Å². The van der Waals surface area contributed by atoms with Crippen LogP contribution in [0.5, 0.6) is 0 Å². The quantitative estimate of drug-likeness (QED) is 0.0825. The van der Waals surface area contributed by atoms with Crippen molar-refractivity contribution in [3.05, 3.63) is 66.6 Å². The zero-order chi connectivity index (χ0) is 21.4. The summed E-state index contributed by atoms with van der Waals surface area (Å²) in [5.74, 6) is 0.624. The number of allylic oxidation sites excluding steroid dienone is 2. The minimum absolute atomic E-state index is 0. The molecule has 2 aromatic heterocycles. The predicted octanol–water partition coefficient (Wildman–Crippen LogP) is 6.81. The van der Waals surface area contributed by atoms with Crippen LogP contribution in [-0.4, -0.2) is 20.7 Å². The Bertz CT molecular complexity index is 1300. The molecule has 0 fully saturated rings. The summed E-state index contributed by atoms with van der Waals surface area (Å²) >= 11 is 0. The molecule has 5 heteroatoms. The second-order valence-electron chi connectivity index (χ2n) is 8.08. The summed E-state index contributed by atoms with van der Waals surface area (Å²) in [6, 6.07) is 17.5. The molecule has 0 bridgehead atoms. The zero-order valence-electron chi connectivity index (χ0n) is 17.9. The number of hydrogen-bond donors (Lipinski definition) is 1. The van der Waals surface area contributed by atoms with Crippen LogP contribution in [0, 0.1) is 17.9 Å². The van der Waals surface area contributed by atoms with Crippen molar-refractivity contribution in [1.29, 1.82) is 0 Å². The van der Waals surface area contributed by atoms with E-state index in [2.05, 4.69) is 23.2 Å². The van der Waals surface area contributed by atoms with Gasteiger partial charge in [-0.15, -0.1) is 17.5 Å². The Balaban J connectivity index is 0.000000199. The molecule has 2 heterocycles. The summed E-state index contributed by atoms with van der Waals surface area (Å²) in [5.41, 5.74) is 2.84. The molecule has 0 aliphatic heterocycles. The number of ketones is 1.